The Morgan fingerprint density at radius 2 is 0.869 bits per heavy atom. The second-order valence-electron chi connectivity index (χ2n) is 23.8. The molecule has 99 heavy (non-hydrogen) atoms. The summed E-state index contributed by atoms with van der Waals surface area (Å²) < 4.78 is 36.8. The van der Waals surface area contributed by atoms with Crippen molar-refractivity contribution in [2.75, 3.05) is 40.9 Å². The van der Waals surface area contributed by atoms with Gasteiger partial charge in [-0.15, -0.1) is 19.7 Å². The number of phenols is 6. The molecular formula is C69H99BrCl3LiO22Si2Sn. The number of ketones is 2. The van der Waals surface area contributed by atoms with Crippen LogP contribution in [0.3, 0.4) is 0 Å². The average Bonchev–Trinajstić information content (AvgIpc) is 0.780. The van der Waals surface area contributed by atoms with Gasteiger partial charge in [-0.3, -0.25) is 19.2 Å². The summed E-state index contributed by atoms with van der Waals surface area (Å²) in [6.45, 7) is 40.4. The van der Waals surface area contributed by atoms with Gasteiger partial charge in [0.2, 0.25) is 0 Å². The van der Waals surface area contributed by atoms with E-state index in [1.165, 1.54) is 66.3 Å². The second kappa shape index (κ2) is 50.2. The number of hydrogen-bond donors (Lipinski definition) is 7. The van der Waals surface area contributed by atoms with Gasteiger partial charge in [-0.25, -0.2) is 19.2 Å². The van der Waals surface area contributed by atoms with E-state index in [1.807, 2.05) is 6.92 Å². The van der Waals surface area contributed by atoms with Crippen LogP contribution in [0.5, 0.6) is 46.0 Å². The summed E-state index contributed by atoms with van der Waals surface area (Å²) in [6, 6.07) is 6.20. The zero-order valence-corrected chi connectivity index (χ0v) is 69.6. The molecule has 0 aliphatic carbocycles. The molecule has 7 N–H and O–H groups in total. The first-order valence-corrected chi connectivity index (χ1v) is 40.0. The maximum absolute atomic E-state index is 12.5. The first-order valence-electron chi connectivity index (χ1n) is 29.9. The fraction of sp³-hybridized carbons (Fsp3) is 0.449. The molecule has 0 atom stereocenters. The quantitative estimate of drug-likeness (QED) is 0.0108. The number of ether oxygens (including phenoxy) is 5. The number of carbonyl (C=O) groups is 8. The van der Waals surface area contributed by atoms with Crippen LogP contribution in [0, 0.1) is 13.8 Å². The molecule has 0 bridgehead atoms. The van der Waals surface area contributed by atoms with Crippen LogP contribution >= 0.6 is 50.7 Å². The normalized spacial score (nSPS) is 10.3. The zero-order valence-electron chi connectivity index (χ0n) is 60.9. The third kappa shape index (κ3) is 36.8. The number of alkyl halides is 1. The second-order valence-corrected chi connectivity index (χ2v) is 36.4. The Bertz CT molecular complexity index is 3300. The Morgan fingerprint density at radius 1 is 0.535 bits per heavy atom. The van der Waals surface area contributed by atoms with E-state index in [0.717, 1.165) is 23.5 Å². The topological polar surface area (TPSA) is 343 Å². The molecule has 30 heteroatoms. The van der Waals surface area contributed by atoms with Crippen molar-refractivity contribution in [1.82, 2.24) is 0 Å². The van der Waals surface area contributed by atoms with Crippen LogP contribution in [-0.4, -0.2) is 182 Å². The molecule has 4 radical (unpaired) electrons. The zero-order chi connectivity index (χ0) is 77.6. The number of carboxylic acids is 1. The number of rotatable bonds is 20. The van der Waals surface area contributed by atoms with Crippen molar-refractivity contribution in [3.05, 3.63) is 128 Å². The molecule has 22 nitrogen and oxygen atoms in total. The number of Topliss-reactive ketones (excluding diaryl/α,β-unsaturated/α-hetero) is 2. The predicted octanol–water partition coefficient (Wildman–Crippen LogP) is 16.1. The van der Waals surface area contributed by atoms with Crippen LogP contribution < -0.4 is 8.85 Å². The van der Waals surface area contributed by atoms with Crippen molar-refractivity contribution < 1.29 is 107 Å². The Hall–Kier alpha value is -6.16. The number of aromatic hydroxyl groups is 6. The molecular weight excluding hydrogens is 1550 g/mol. The summed E-state index contributed by atoms with van der Waals surface area (Å²) in [6.07, 6.45) is 7.92. The van der Waals surface area contributed by atoms with Crippen molar-refractivity contribution in [1.29, 1.82) is 0 Å². The Morgan fingerprint density at radius 3 is 1.16 bits per heavy atom. The Labute approximate surface area is 634 Å². The van der Waals surface area contributed by atoms with Gasteiger partial charge in [-0.05, 0) is 118 Å². The van der Waals surface area contributed by atoms with Crippen LogP contribution in [0.2, 0.25) is 55.8 Å². The van der Waals surface area contributed by atoms with Crippen LogP contribution in [0.15, 0.2) is 68.3 Å². The number of phenolic OH excluding ortho intramolecular Hbond substituents is 5. The van der Waals surface area contributed by atoms with E-state index >= 15 is 0 Å². The van der Waals surface area contributed by atoms with Gasteiger partial charge >= 0.3 is 76.1 Å². The third-order valence-corrected chi connectivity index (χ3v) is 25.8. The molecule has 0 spiro atoms. The number of halogens is 4. The fourth-order valence-electron chi connectivity index (χ4n) is 6.67. The van der Waals surface area contributed by atoms with E-state index < -0.39 is 58.2 Å². The fourth-order valence-corrected chi connectivity index (χ4v) is 9.44. The standard InChI is InChI=1S/C21H37ClO4Si2.C12H13ClO4.C11H11ClO4.C9H10O4.2C5H8O3.C3H5Br.C3H7.Li.Sn/c1-14-17(19(23)24-8)15(25-27(9,10)20(2,3)4)13-16(18(14)22)26-28(11,12)21(5,6)7;1-3-4-5-7-10(12(16)17-2)8(14)6-9(15)11(7)13;1-2-3-4-6-9(11(15)16)7(13)5-8(14)10(6)12;1-5-3-6(10)4-7(11)8(5)9(12)13-2;2*1-4(6)3-5(7)8-2;1-2-3-4;1-3-2;;/h13H,1-12H3;3,6,14-15H,1,4-5H2,2H3;2,5,13-14H,1,3-4H2,(H,15,16);3-4,10-11H,1-2H3;2*3H2,1-2H3;2H,1,3H2;1,3H2,2H3;;. The van der Waals surface area contributed by atoms with Crippen LogP contribution in [0.25, 0.3) is 0 Å². The minimum absolute atomic E-state index is 0. The van der Waals surface area contributed by atoms with Gasteiger partial charge in [-0.2, -0.15) is 0 Å². The number of carbonyl (C=O) groups excluding carboxylic acids is 7. The van der Waals surface area contributed by atoms with Gasteiger partial charge in [-0.1, -0.05) is 111 Å². The van der Waals surface area contributed by atoms with Gasteiger partial charge in [0.15, 0.2) is 0 Å². The van der Waals surface area contributed by atoms with E-state index in [4.69, 9.17) is 58.6 Å². The van der Waals surface area contributed by atoms with Gasteiger partial charge in [0, 0.05) is 48.5 Å². The molecule has 0 saturated carbocycles. The molecule has 0 saturated heterocycles. The molecule has 0 unspecified atom stereocenters. The number of aromatic carboxylic acids is 1. The number of carboxylic acid groups (broad SMARTS) is 1. The summed E-state index contributed by atoms with van der Waals surface area (Å²) in [7, 11) is 2.01. The molecule has 0 aromatic heterocycles. The van der Waals surface area contributed by atoms with Crippen LogP contribution in [-0.2, 0) is 55.7 Å². The Kier molecular flexibility index (Phi) is 51.5. The first kappa shape index (κ1) is 101. The predicted molar refractivity (Wildman–Crippen MR) is 399 cm³/mol. The van der Waals surface area contributed by atoms with Crippen LogP contribution in [0.4, 0.5) is 0 Å². The van der Waals surface area contributed by atoms with E-state index in [-0.39, 0.29) is 114 Å². The van der Waals surface area contributed by atoms with Gasteiger partial charge in [0.05, 0.1) is 50.6 Å². The third-order valence-electron chi connectivity index (χ3n) is 13.9. The van der Waals surface area contributed by atoms with Crippen molar-refractivity contribution >= 4 is 156 Å². The van der Waals surface area contributed by atoms with Crippen molar-refractivity contribution in [3.8, 4) is 46.0 Å². The van der Waals surface area contributed by atoms with E-state index in [9.17, 15) is 63.9 Å². The molecule has 4 aromatic carbocycles. The molecule has 548 valence electrons. The maximum Gasteiger partial charge on any atom is 0.341 e. The van der Waals surface area contributed by atoms with Crippen LogP contribution in [0.1, 0.15) is 158 Å². The molecule has 0 aliphatic heterocycles. The summed E-state index contributed by atoms with van der Waals surface area (Å²) in [5.41, 5.74) is 1.84. The maximum atomic E-state index is 12.5. The summed E-state index contributed by atoms with van der Waals surface area (Å²) in [5, 5.41) is 66.6. The van der Waals surface area contributed by atoms with Gasteiger partial charge in [0.1, 0.15) is 92.7 Å². The van der Waals surface area contributed by atoms with Gasteiger partial charge < -0.3 is 68.3 Å². The van der Waals surface area contributed by atoms with E-state index in [0.29, 0.717) is 64.5 Å². The number of allylic oxidation sites excluding steroid dienone is 3. The first-order chi connectivity index (χ1) is 45.1. The van der Waals surface area contributed by atoms with E-state index in [2.05, 4.69) is 129 Å². The number of methoxy groups -OCH3 is 5. The minimum atomic E-state index is -2.19. The molecule has 4 aromatic rings. The molecule has 4 rings (SSSR count). The largest absolute Gasteiger partial charge is 0.543 e. The van der Waals surface area contributed by atoms with Gasteiger partial charge in [0.25, 0.3) is 16.6 Å². The molecule has 0 heterocycles. The van der Waals surface area contributed by atoms with Crippen molar-refractivity contribution in [3.63, 3.8) is 0 Å². The smallest absolute Gasteiger partial charge is 0.341 e. The number of esters is 5. The monoisotopic (exact) mass is 1650 g/mol. The molecule has 0 amide bonds. The van der Waals surface area contributed by atoms with E-state index in [1.54, 1.807) is 53.7 Å². The SMILES string of the molecule is C=CCBr.C=CCCc1c(Cl)c(O)cc(O)c1C(=O)O.C=CCCc1c(Cl)c(O)cc(O)c1C(=O)OC.CC[CH2][Sn].COC(=O)CC(C)=O.COC(=O)CC(C)=O.COC(=O)c1c(C)cc(O)cc1O.COC(=O)c1c(O[Si](C)(C)C(C)(C)C)cc(O[Si](C)(C)C(C)(C)C)c(Cl)c1C.[Li]. The minimum Gasteiger partial charge on any atom is -0.543 e. The molecule has 0 fully saturated rings. The summed E-state index contributed by atoms with van der Waals surface area (Å²) >= 11 is 23.1. The van der Waals surface area contributed by atoms with Crippen molar-refractivity contribution in [2.45, 2.75) is 162 Å². The number of hydrogen-bond acceptors (Lipinski definition) is 21. The average molecular weight is 1650 g/mol. The summed E-state index contributed by atoms with van der Waals surface area (Å²) in [4.78, 5) is 86.7. The summed E-state index contributed by atoms with van der Waals surface area (Å²) in [5.74, 6) is -5.05. The number of benzene rings is 4. The Balaban J connectivity index is -0.000000364. The number of aryl methyl sites for hydroxylation is 1. The van der Waals surface area contributed by atoms with Crippen molar-refractivity contribution in [2.24, 2.45) is 0 Å². The molecule has 0 aliphatic rings.